The van der Waals surface area contributed by atoms with Crippen molar-refractivity contribution in [3.05, 3.63) is 47.8 Å². The summed E-state index contributed by atoms with van der Waals surface area (Å²) in [5.41, 5.74) is 1.76. The van der Waals surface area contributed by atoms with Crippen LogP contribution in [0.15, 0.2) is 36.5 Å². The second kappa shape index (κ2) is 7.89. The summed E-state index contributed by atoms with van der Waals surface area (Å²) in [5.74, 6) is -0.215. The molecule has 8 nitrogen and oxygen atoms in total. The van der Waals surface area contributed by atoms with Crippen LogP contribution < -0.4 is 5.32 Å². The van der Waals surface area contributed by atoms with Crippen LogP contribution in [0.4, 0.5) is 4.79 Å². The summed E-state index contributed by atoms with van der Waals surface area (Å²) in [5, 5.41) is 10.8. The van der Waals surface area contributed by atoms with Crippen LogP contribution >= 0.6 is 0 Å². The Bertz CT molecular complexity index is 731. The van der Waals surface area contributed by atoms with Gasteiger partial charge in [-0.05, 0) is 12.0 Å². The first-order valence-corrected chi connectivity index (χ1v) is 8.21. The predicted molar refractivity (Wildman–Crippen MR) is 89.8 cm³/mol. The molecule has 1 atom stereocenters. The third-order valence-corrected chi connectivity index (χ3v) is 4.10. The number of aromatic nitrogens is 3. The van der Waals surface area contributed by atoms with E-state index in [-0.39, 0.29) is 11.9 Å². The number of nitrogens with zero attached hydrogens (tertiary/aromatic N) is 4. The molecule has 3 amide bonds. The Kier molecular flexibility index (Phi) is 5.39. The van der Waals surface area contributed by atoms with Gasteiger partial charge in [-0.2, -0.15) is 0 Å². The van der Waals surface area contributed by atoms with Crippen LogP contribution in [0.1, 0.15) is 11.3 Å². The van der Waals surface area contributed by atoms with E-state index in [4.69, 9.17) is 4.74 Å². The molecular weight excluding hydrogens is 322 g/mol. The van der Waals surface area contributed by atoms with Crippen molar-refractivity contribution in [1.29, 1.82) is 0 Å². The number of benzene rings is 1. The van der Waals surface area contributed by atoms with Crippen LogP contribution in [0, 0.1) is 0 Å². The first-order valence-electron chi connectivity index (χ1n) is 8.21. The highest BCUT2D eigenvalue weighted by atomic mass is 16.5. The molecule has 1 aromatic heterocycles. The Morgan fingerprint density at radius 2 is 2.00 bits per heavy atom. The molecule has 0 spiro atoms. The van der Waals surface area contributed by atoms with Crippen LogP contribution in [0.5, 0.6) is 0 Å². The van der Waals surface area contributed by atoms with Gasteiger partial charge in [0.25, 0.3) is 5.91 Å². The fourth-order valence-corrected chi connectivity index (χ4v) is 2.75. The maximum Gasteiger partial charge on any atom is 0.324 e. The van der Waals surface area contributed by atoms with Gasteiger partial charge in [0.1, 0.15) is 6.04 Å². The number of nitrogens with one attached hydrogen (secondary N) is 1. The summed E-state index contributed by atoms with van der Waals surface area (Å²) in [4.78, 5) is 25.8. The Labute approximate surface area is 145 Å². The van der Waals surface area contributed by atoms with Crippen molar-refractivity contribution >= 4 is 11.9 Å². The lowest BCUT2D eigenvalue weighted by molar-refractivity contribution is -0.127. The Balaban J connectivity index is 1.56. The molecule has 132 valence electrons. The highest BCUT2D eigenvalue weighted by Crippen LogP contribution is 2.12. The van der Waals surface area contributed by atoms with Crippen LogP contribution in [-0.2, 0) is 28.9 Å². The van der Waals surface area contributed by atoms with Gasteiger partial charge in [-0.3, -0.25) is 9.69 Å². The molecule has 0 bridgehead atoms. The van der Waals surface area contributed by atoms with Crippen LogP contribution in [0.2, 0.25) is 0 Å². The van der Waals surface area contributed by atoms with Crippen molar-refractivity contribution in [3.8, 4) is 0 Å². The zero-order chi connectivity index (χ0) is 17.6. The Morgan fingerprint density at radius 1 is 1.20 bits per heavy atom. The fourth-order valence-electron chi connectivity index (χ4n) is 2.75. The van der Waals surface area contributed by atoms with Gasteiger partial charge in [0.05, 0.1) is 18.8 Å². The monoisotopic (exact) mass is 343 g/mol. The summed E-state index contributed by atoms with van der Waals surface area (Å²) in [6.45, 7) is 1.50. The smallest absolute Gasteiger partial charge is 0.324 e. The molecule has 2 aromatic rings. The maximum absolute atomic E-state index is 12.5. The second-order valence-electron chi connectivity index (χ2n) is 5.90. The number of hydrogen-bond acceptors (Lipinski definition) is 5. The SMILES string of the molecule is COCCn1cc(C[C@H]2NC(=O)N(CCc3ccccc3)C2=O)nn1. The quantitative estimate of drug-likeness (QED) is 0.710. The molecule has 3 rings (SSSR count). The molecular formula is C17H21N5O3. The van der Waals surface area contributed by atoms with Gasteiger partial charge in [-0.1, -0.05) is 35.5 Å². The number of rotatable bonds is 8. The van der Waals surface area contributed by atoms with E-state index < -0.39 is 6.04 Å². The van der Waals surface area contributed by atoms with Gasteiger partial charge < -0.3 is 10.1 Å². The standard InChI is InChI=1S/C17H21N5O3/c1-25-10-9-21-12-14(19-20-21)11-15-16(23)22(17(24)18-15)8-7-13-5-3-2-4-6-13/h2-6,12,15H,7-11H2,1H3,(H,18,24)/t15-/m1/s1. The van der Waals surface area contributed by atoms with Gasteiger partial charge in [-0.25, -0.2) is 9.48 Å². The average molecular weight is 343 g/mol. The minimum atomic E-state index is -0.587. The normalized spacial score (nSPS) is 17.2. The second-order valence-corrected chi connectivity index (χ2v) is 5.90. The van der Waals surface area contributed by atoms with Gasteiger partial charge in [0.2, 0.25) is 0 Å². The summed E-state index contributed by atoms with van der Waals surface area (Å²) in [7, 11) is 1.62. The van der Waals surface area contributed by atoms with E-state index >= 15 is 0 Å². The van der Waals surface area contributed by atoms with E-state index in [1.165, 1.54) is 4.90 Å². The number of urea groups is 1. The van der Waals surface area contributed by atoms with Crippen molar-refractivity contribution < 1.29 is 14.3 Å². The zero-order valence-electron chi connectivity index (χ0n) is 14.1. The van der Waals surface area contributed by atoms with Gasteiger partial charge >= 0.3 is 6.03 Å². The lowest BCUT2D eigenvalue weighted by Gasteiger charge is -2.12. The highest BCUT2D eigenvalue weighted by molar-refractivity contribution is 6.04. The lowest BCUT2D eigenvalue weighted by Crippen LogP contribution is -2.34. The van der Waals surface area contributed by atoms with E-state index in [1.54, 1.807) is 18.0 Å². The Morgan fingerprint density at radius 3 is 2.76 bits per heavy atom. The molecule has 0 saturated carbocycles. The first kappa shape index (κ1) is 17.1. The minimum Gasteiger partial charge on any atom is -0.383 e. The number of ether oxygens (including phenoxy) is 1. The lowest BCUT2D eigenvalue weighted by atomic mass is 10.1. The predicted octanol–water partition coefficient (Wildman–Crippen LogP) is 0.630. The van der Waals surface area contributed by atoms with E-state index in [9.17, 15) is 9.59 Å². The molecule has 1 aliphatic heterocycles. The van der Waals surface area contributed by atoms with E-state index in [2.05, 4.69) is 15.6 Å². The van der Waals surface area contributed by atoms with Crippen molar-refractivity contribution in [2.75, 3.05) is 20.3 Å². The minimum absolute atomic E-state index is 0.215. The Hall–Kier alpha value is -2.74. The number of methoxy groups -OCH3 is 1. The van der Waals surface area contributed by atoms with Crippen LogP contribution in [0.25, 0.3) is 0 Å². The van der Waals surface area contributed by atoms with Gasteiger partial charge in [0, 0.05) is 26.3 Å². The topological polar surface area (TPSA) is 89.4 Å². The van der Waals surface area contributed by atoms with Crippen molar-refractivity contribution in [3.63, 3.8) is 0 Å². The van der Waals surface area contributed by atoms with E-state index in [0.717, 1.165) is 5.56 Å². The average Bonchev–Trinajstić information content (AvgIpc) is 3.17. The zero-order valence-corrected chi connectivity index (χ0v) is 14.1. The summed E-state index contributed by atoms with van der Waals surface area (Å²) in [6.07, 6.45) is 2.74. The number of imide groups is 1. The summed E-state index contributed by atoms with van der Waals surface area (Å²) < 4.78 is 6.65. The molecule has 1 fully saturated rings. The van der Waals surface area contributed by atoms with Crippen molar-refractivity contribution in [2.24, 2.45) is 0 Å². The molecule has 0 aliphatic carbocycles. The van der Waals surface area contributed by atoms with Crippen LogP contribution in [-0.4, -0.2) is 58.1 Å². The van der Waals surface area contributed by atoms with Crippen LogP contribution in [0.3, 0.4) is 0 Å². The van der Waals surface area contributed by atoms with Crippen molar-refractivity contribution in [2.45, 2.75) is 25.4 Å². The first-order chi connectivity index (χ1) is 12.2. The third kappa shape index (κ3) is 4.21. The highest BCUT2D eigenvalue weighted by Gasteiger charge is 2.37. The number of amides is 3. The molecule has 1 saturated heterocycles. The largest absolute Gasteiger partial charge is 0.383 e. The van der Waals surface area contributed by atoms with Gasteiger partial charge in [0.15, 0.2) is 0 Å². The van der Waals surface area contributed by atoms with E-state index in [0.29, 0.717) is 38.2 Å². The summed E-state index contributed by atoms with van der Waals surface area (Å²) in [6, 6.07) is 8.84. The molecule has 1 aliphatic rings. The number of carbonyl (C=O) groups is 2. The molecule has 25 heavy (non-hydrogen) atoms. The molecule has 0 unspecified atom stereocenters. The molecule has 1 aromatic carbocycles. The fraction of sp³-hybridized carbons (Fsp3) is 0.412. The molecule has 1 N–H and O–H groups in total. The molecule has 8 heteroatoms. The van der Waals surface area contributed by atoms with Crippen molar-refractivity contribution in [1.82, 2.24) is 25.2 Å². The number of hydrogen-bond donors (Lipinski definition) is 1. The van der Waals surface area contributed by atoms with Gasteiger partial charge in [-0.15, -0.1) is 5.10 Å². The summed E-state index contributed by atoms with van der Waals surface area (Å²) >= 11 is 0. The third-order valence-electron chi connectivity index (χ3n) is 4.10. The molecule has 0 radical (unpaired) electrons. The van der Waals surface area contributed by atoms with E-state index in [1.807, 2.05) is 30.3 Å². The number of carbonyl (C=O) groups excluding carboxylic acids is 2. The molecule has 2 heterocycles. The maximum atomic E-state index is 12.5.